The topological polar surface area (TPSA) is 164 Å². The number of carbonyl (C=O) groups is 1. The quantitative estimate of drug-likeness (QED) is 0.231. The Balaban J connectivity index is 1.54. The minimum absolute atomic E-state index is 0.0208. The number of methoxy groups -OCH3 is 1. The van der Waals surface area contributed by atoms with E-state index in [9.17, 15) is 23.6 Å². The molecule has 0 radical (unpaired) electrons. The molecule has 0 aliphatic carbocycles. The van der Waals surface area contributed by atoms with Crippen molar-refractivity contribution in [2.24, 2.45) is 0 Å². The van der Waals surface area contributed by atoms with E-state index in [4.69, 9.17) is 16.3 Å². The van der Waals surface area contributed by atoms with Crippen LogP contribution < -0.4 is 32.4 Å². The highest BCUT2D eigenvalue weighted by Gasteiger charge is 2.25. The first-order valence-electron chi connectivity index (χ1n) is 11.2. The number of benzene rings is 2. The first-order chi connectivity index (χ1) is 18.7. The van der Waals surface area contributed by atoms with Gasteiger partial charge < -0.3 is 20.4 Å². The Kier molecular flexibility index (Phi) is 6.80. The van der Waals surface area contributed by atoms with Gasteiger partial charge in [0.2, 0.25) is 0 Å². The summed E-state index contributed by atoms with van der Waals surface area (Å²) in [6.07, 6.45) is 0. The zero-order valence-corrected chi connectivity index (χ0v) is 21.7. The molecule has 200 valence electrons. The Labute approximate surface area is 226 Å². The molecule has 3 aromatic heterocycles. The van der Waals surface area contributed by atoms with Crippen LogP contribution in [0.2, 0.25) is 4.34 Å². The summed E-state index contributed by atoms with van der Waals surface area (Å²) in [5, 5.41) is 9.01. The highest BCUT2D eigenvalue weighted by Crippen LogP contribution is 2.30. The van der Waals surface area contributed by atoms with Crippen molar-refractivity contribution in [2.75, 3.05) is 19.5 Å². The molecular weight excluding hydrogens is 555 g/mol. The summed E-state index contributed by atoms with van der Waals surface area (Å²) in [7, 11) is 2.81. The van der Waals surface area contributed by atoms with Crippen molar-refractivity contribution in [3.8, 4) is 11.4 Å². The molecule has 4 N–H and O–H groups in total. The van der Waals surface area contributed by atoms with Crippen molar-refractivity contribution in [3.63, 3.8) is 0 Å². The van der Waals surface area contributed by atoms with Crippen LogP contribution in [0.25, 0.3) is 16.6 Å². The lowest BCUT2D eigenvalue weighted by Crippen LogP contribution is -2.34. The van der Waals surface area contributed by atoms with Gasteiger partial charge >= 0.3 is 11.4 Å². The average molecular weight is 573 g/mol. The average Bonchev–Trinajstić information content (AvgIpc) is 3.55. The Hall–Kier alpha value is -4.69. The molecule has 1 atom stereocenters. The highest BCUT2D eigenvalue weighted by molar-refractivity contribution is 7.16. The molecule has 2 aromatic carbocycles. The van der Waals surface area contributed by atoms with Gasteiger partial charge in [0.15, 0.2) is 5.82 Å². The van der Waals surface area contributed by atoms with Gasteiger partial charge in [0.1, 0.15) is 17.6 Å². The van der Waals surface area contributed by atoms with Crippen LogP contribution >= 0.6 is 22.9 Å². The number of thiophene rings is 1. The van der Waals surface area contributed by atoms with Crippen molar-refractivity contribution in [2.45, 2.75) is 6.04 Å². The first kappa shape index (κ1) is 25.9. The van der Waals surface area contributed by atoms with Gasteiger partial charge in [-0.3, -0.25) is 19.1 Å². The number of anilines is 1. The Morgan fingerprint density at radius 3 is 2.62 bits per heavy atom. The van der Waals surface area contributed by atoms with Crippen LogP contribution in [0.5, 0.6) is 5.75 Å². The Morgan fingerprint density at radius 2 is 1.97 bits per heavy atom. The zero-order valence-electron chi connectivity index (χ0n) is 20.1. The summed E-state index contributed by atoms with van der Waals surface area (Å²) in [4.78, 5) is 56.4. The molecule has 12 nitrogen and oxygen atoms in total. The predicted octanol–water partition coefficient (Wildman–Crippen LogP) is 2.78. The summed E-state index contributed by atoms with van der Waals surface area (Å²) >= 11 is 7.21. The molecule has 3 heterocycles. The van der Waals surface area contributed by atoms with E-state index in [-0.39, 0.29) is 39.4 Å². The van der Waals surface area contributed by atoms with Crippen molar-refractivity contribution < 1.29 is 18.4 Å². The third kappa shape index (κ3) is 4.82. The number of hydrogen-bond donors (Lipinski definition) is 4. The number of halogens is 2. The molecule has 5 aromatic rings. The van der Waals surface area contributed by atoms with E-state index in [1.54, 1.807) is 12.1 Å². The number of H-pyrrole nitrogens is 2. The van der Waals surface area contributed by atoms with Crippen molar-refractivity contribution in [3.05, 3.63) is 100 Å². The number of amides is 1. The number of aromatic amines is 2. The third-order valence-electron chi connectivity index (χ3n) is 5.82. The van der Waals surface area contributed by atoms with E-state index in [2.05, 4.69) is 30.3 Å². The van der Waals surface area contributed by atoms with Crippen LogP contribution in [0.15, 0.2) is 61.4 Å². The lowest BCUT2D eigenvalue weighted by atomic mass is 10.1. The van der Waals surface area contributed by atoms with Gasteiger partial charge in [-0.1, -0.05) is 16.8 Å². The normalized spacial score (nSPS) is 11.9. The lowest BCUT2D eigenvalue weighted by molar-refractivity contribution is 0.0941. The minimum atomic E-state index is -0.893. The standard InChI is InChI=1S/C24H18ClFN6O6S/c1-27-14-9-13-11(8-12(14)26)22(34)32(23(35)28-13)15-4-3-10(7-16(15)37-2)21(33)29-19(17-5-6-18(25)39-17)20-30-24(36)38-31-20/h3-9,19,27H,1-2H3,(H,28,35)(H,29,33)(H,30,31,36). The second kappa shape index (κ2) is 10.2. The van der Waals surface area contributed by atoms with Crippen LogP contribution in [-0.4, -0.2) is 39.8 Å². The molecule has 0 saturated heterocycles. The summed E-state index contributed by atoms with van der Waals surface area (Å²) in [6, 6.07) is 8.79. The van der Waals surface area contributed by atoms with Gasteiger partial charge in [0, 0.05) is 17.5 Å². The minimum Gasteiger partial charge on any atom is -0.495 e. The molecule has 39 heavy (non-hydrogen) atoms. The summed E-state index contributed by atoms with van der Waals surface area (Å²) in [6.45, 7) is 0. The molecule has 15 heteroatoms. The lowest BCUT2D eigenvalue weighted by Gasteiger charge is -2.16. The van der Waals surface area contributed by atoms with Gasteiger partial charge in [-0.05, 0) is 42.5 Å². The van der Waals surface area contributed by atoms with Gasteiger partial charge in [-0.2, -0.15) is 0 Å². The number of ether oxygens (including phenoxy) is 1. The van der Waals surface area contributed by atoms with E-state index in [1.807, 2.05) is 0 Å². The third-order valence-corrected chi connectivity index (χ3v) is 7.12. The van der Waals surface area contributed by atoms with Crippen LogP contribution in [0.1, 0.15) is 27.1 Å². The summed E-state index contributed by atoms with van der Waals surface area (Å²) < 4.78 is 25.6. The van der Waals surface area contributed by atoms with Crippen LogP contribution in [0.4, 0.5) is 10.1 Å². The summed E-state index contributed by atoms with van der Waals surface area (Å²) in [5.41, 5.74) is -1.18. The zero-order chi connectivity index (χ0) is 27.8. The van der Waals surface area contributed by atoms with Gasteiger partial charge in [0.25, 0.3) is 11.5 Å². The van der Waals surface area contributed by atoms with Crippen molar-refractivity contribution in [1.29, 1.82) is 0 Å². The van der Waals surface area contributed by atoms with Crippen molar-refractivity contribution >= 4 is 45.4 Å². The molecule has 0 bridgehead atoms. The number of nitrogens with zero attached hydrogens (tertiary/aromatic N) is 2. The molecule has 0 fully saturated rings. The second-order valence-electron chi connectivity index (χ2n) is 8.11. The summed E-state index contributed by atoms with van der Waals surface area (Å²) in [5.74, 6) is -1.99. The number of fused-ring (bicyclic) bond motifs is 1. The highest BCUT2D eigenvalue weighted by atomic mass is 35.5. The monoisotopic (exact) mass is 572 g/mol. The smallest absolute Gasteiger partial charge is 0.438 e. The molecule has 0 saturated carbocycles. The van der Waals surface area contributed by atoms with Crippen LogP contribution in [0, 0.1) is 5.82 Å². The van der Waals surface area contributed by atoms with Crippen LogP contribution in [0.3, 0.4) is 0 Å². The fraction of sp³-hybridized carbons (Fsp3) is 0.125. The fourth-order valence-corrected chi connectivity index (χ4v) is 5.11. The Morgan fingerprint density at radius 1 is 1.18 bits per heavy atom. The Bertz CT molecular complexity index is 1910. The second-order valence-corrected chi connectivity index (χ2v) is 9.86. The maximum Gasteiger partial charge on any atom is 0.438 e. The molecule has 1 unspecified atom stereocenters. The SMILES string of the molecule is CNc1cc2[nH]c(=O)n(-c3ccc(C(=O)NC(c4noc(=O)[nH]4)c4ccc(Cl)s4)cc3OC)c(=O)c2cc1F. The number of aromatic nitrogens is 4. The largest absolute Gasteiger partial charge is 0.495 e. The predicted molar refractivity (Wildman–Crippen MR) is 142 cm³/mol. The first-order valence-corrected chi connectivity index (χ1v) is 12.4. The number of hydrogen-bond acceptors (Lipinski definition) is 9. The van der Waals surface area contributed by atoms with E-state index in [1.165, 1.54) is 49.8 Å². The maximum atomic E-state index is 14.4. The van der Waals surface area contributed by atoms with Crippen LogP contribution in [-0.2, 0) is 0 Å². The van der Waals surface area contributed by atoms with E-state index in [0.717, 1.165) is 10.6 Å². The van der Waals surface area contributed by atoms with E-state index in [0.29, 0.717) is 9.21 Å². The molecule has 0 aliphatic heterocycles. The number of nitrogens with one attached hydrogen (secondary N) is 4. The molecule has 0 aliphatic rings. The molecule has 1 amide bonds. The van der Waals surface area contributed by atoms with E-state index < -0.39 is 34.8 Å². The molecular formula is C24H18ClFN6O6S. The van der Waals surface area contributed by atoms with Gasteiger partial charge in [-0.25, -0.2) is 18.5 Å². The van der Waals surface area contributed by atoms with Crippen molar-refractivity contribution in [1.82, 2.24) is 25.0 Å². The molecule has 5 rings (SSSR count). The molecule has 0 spiro atoms. The van der Waals surface area contributed by atoms with E-state index >= 15 is 0 Å². The van der Waals surface area contributed by atoms with Gasteiger partial charge in [-0.15, -0.1) is 11.3 Å². The van der Waals surface area contributed by atoms with Gasteiger partial charge in [0.05, 0.1) is 33.7 Å². The fourth-order valence-electron chi connectivity index (χ4n) is 3.99. The maximum absolute atomic E-state index is 14.4. The number of carbonyl (C=O) groups excluding carboxylic acids is 1. The number of rotatable bonds is 7.